The smallest absolute Gasteiger partial charge is 0.255 e. The molecule has 0 fully saturated rings. The number of hydrogen-bond donors (Lipinski definition) is 2. The molecule has 0 saturated heterocycles. The normalized spacial score (nSPS) is 11.8. The number of benzene rings is 2. The highest BCUT2D eigenvalue weighted by Gasteiger charge is 2.18. The Hall–Kier alpha value is -3.38. The number of nitrogens with one attached hydrogen (secondary N) is 2. The summed E-state index contributed by atoms with van der Waals surface area (Å²) in [4.78, 5) is 26.6. The van der Waals surface area contributed by atoms with Crippen LogP contribution in [-0.4, -0.2) is 37.4 Å². The number of likely N-dealkylation sites (N-methyl/N-ethyl adjacent to an activating group) is 1. The quantitative estimate of drug-likeness (QED) is 0.660. The summed E-state index contributed by atoms with van der Waals surface area (Å²) in [6.45, 7) is 0.422. The standard InChI is InChI=1S/C22H23N3O3/c1-25(2)19(20-9-6-14-28-20)15-23-21(26)17-10-12-18(13-11-17)24-22(27)16-7-4-3-5-8-16/h3-14,19H,15H2,1-2H3,(H,23,26)(H,24,27). The number of carbonyl (C=O) groups is 2. The highest BCUT2D eigenvalue weighted by Crippen LogP contribution is 2.18. The minimum atomic E-state index is -0.190. The largest absolute Gasteiger partial charge is 0.468 e. The topological polar surface area (TPSA) is 74.6 Å². The van der Waals surface area contributed by atoms with Crippen LogP contribution >= 0.6 is 0 Å². The molecule has 0 aliphatic heterocycles. The number of nitrogens with zero attached hydrogens (tertiary/aromatic N) is 1. The lowest BCUT2D eigenvalue weighted by atomic mass is 10.1. The molecule has 1 aromatic heterocycles. The molecule has 0 aliphatic carbocycles. The maximum absolute atomic E-state index is 12.4. The van der Waals surface area contributed by atoms with Crippen LogP contribution in [0.1, 0.15) is 32.5 Å². The highest BCUT2D eigenvalue weighted by atomic mass is 16.3. The van der Waals surface area contributed by atoms with Crippen molar-refractivity contribution in [2.75, 3.05) is 26.0 Å². The second kappa shape index (κ2) is 9.01. The second-order valence-corrected chi connectivity index (χ2v) is 6.60. The van der Waals surface area contributed by atoms with E-state index in [2.05, 4.69) is 10.6 Å². The molecule has 3 rings (SSSR count). The molecule has 1 unspecified atom stereocenters. The summed E-state index contributed by atoms with van der Waals surface area (Å²) in [5.74, 6) is 0.425. The third-order valence-electron chi connectivity index (χ3n) is 4.39. The van der Waals surface area contributed by atoms with Crippen LogP contribution in [0.2, 0.25) is 0 Å². The molecule has 0 aliphatic rings. The lowest BCUT2D eigenvalue weighted by Crippen LogP contribution is -2.34. The van der Waals surface area contributed by atoms with E-state index in [0.29, 0.717) is 23.4 Å². The summed E-state index contributed by atoms with van der Waals surface area (Å²) in [5, 5.41) is 5.75. The lowest BCUT2D eigenvalue weighted by molar-refractivity contribution is 0.0938. The predicted octanol–water partition coefficient (Wildman–Crippen LogP) is 3.56. The predicted molar refractivity (Wildman–Crippen MR) is 108 cm³/mol. The molecule has 2 amide bonds. The van der Waals surface area contributed by atoms with Gasteiger partial charge in [-0.15, -0.1) is 0 Å². The Bertz CT molecular complexity index is 904. The monoisotopic (exact) mass is 377 g/mol. The fourth-order valence-corrected chi connectivity index (χ4v) is 2.81. The molecule has 6 nitrogen and oxygen atoms in total. The molecule has 2 N–H and O–H groups in total. The Morgan fingerprint density at radius 2 is 1.57 bits per heavy atom. The van der Waals surface area contributed by atoms with Gasteiger partial charge in [-0.2, -0.15) is 0 Å². The van der Waals surface area contributed by atoms with E-state index in [4.69, 9.17) is 4.42 Å². The van der Waals surface area contributed by atoms with E-state index in [1.807, 2.05) is 49.3 Å². The van der Waals surface area contributed by atoms with Crippen LogP contribution < -0.4 is 10.6 Å². The summed E-state index contributed by atoms with van der Waals surface area (Å²) in [5.41, 5.74) is 1.73. The van der Waals surface area contributed by atoms with Gasteiger partial charge in [0.25, 0.3) is 11.8 Å². The van der Waals surface area contributed by atoms with Crippen molar-refractivity contribution >= 4 is 17.5 Å². The third-order valence-corrected chi connectivity index (χ3v) is 4.39. The second-order valence-electron chi connectivity index (χ2n) is 6.60. The maximum atomic E-state index is 12.4. The van der Waals surface area contributed by atoms with E-state index in [1.54, 1.807) is 42.7 Å². The minimum Gasteiger partial charge on any atom is -0.468 e. The van der Waals surface area contributed by atoms with E-state index in [-0.39, 0.29) is 17.9 Å². The first-order valence-corrected chi connectivity index (χ1v) is 8.99. The molecular weight excluding hydrogens is 354 g/mol. The van der Waals surface area contributed by atoms with Crippen LogP contribution in [0.3, 0.4) is 0 Å². The first kappa shape index (κ1) is 19.4. The molecule has 6 heteroatoms. The van der Waals surface area contributed by atoms with E-state index in [9.17, 15) is 9.59 Å². The molecule has 1 atom stereocenters. The average Bonchev–Trinajstić information content (AvgIpc) is 3.23. The van der Waals surface area contributed by atoms with Gasteiger partial charge in [-0.05, 0) is 62.6 Å². The summed E-state index contributed by atoms with van der Waals surface area (Å²) >= 11 is 0. The minimum absolute atomic E-state index is 0.0524. The van der Waals surface area contributed by atoms with Crippen LogP contribution in [0.25, 0.3) is 0 Å². The van der Waals surface area contributed by atoms with Crippen molar-refractivity contribution in [3.05, 3.63) is 89.9 Å². The Morgan fingerprint density at radius 3 is 2.18 bits per heavy atom. The van der Waals surface area contributed by atoms with Crippen LogP contribution in [-0.2, 0) is 0 Å². The molecule has 0 saturated carbocycles. The van der Waals surface area contributed by atoms with Crippen molar-refractivity contribution in [3.63, 3.8) is 0 Å². The molecule has 0 spiro atoms. The SMILES string of the molecule is CN(C)C(CNC(=O)c1ccc(NC(=O)c2ccccc2)cc1)c1ccco1. The van der Waals surface area contributed by atoms with Crippen molar-refractivity contribution in [2.24, 2.45) is 0 Å². The zero-order valence-corrected chi connectivity index (χ0v) is 15.9. The zero-order valence-electron chi connectivity index (χ0n) is 15.9. The number of anilines is 1. The Kier molecular flexibility index (Phi) is 6.24. The Labute approximate surface area is 164 Å². The van der Waals surface area contributed by atoms with Crippen molar-refractivity contribution in [1.82, 2.24) is 10.2 Å². The van der Waals surface area contributed by atoms with E-state index >= 15 is 0 Å². The number of rotatable bonds is 7. The summed E-state index contributed by atoms with van der Waals surface area (Å²) in [7, 11) is 3.87. The molecule has 1 heterocycles. The van der Waals surface area contributed by atoms with E-state index < -0.39 is 0 Å². The fraction of sp³-hybridized carbons (Fsp3) is 0.182. The number of amides is 2. The lowest BCUT2D eigenvalue weighted by Gasteiger charge is -2.22. The Balaban J connectivity index is 1.58. The molecule has 144 valence electrons. The summed E-state index contributed by atoms with van der Waals surface area (Å²) < 4.78 is 5.45. The van der Waals surface area contributed by atoms with Gasteiger partial charge >= 0.3 is 0 Å². The van der Waals surface area contributed by atoms with Crippen LogP contribution in [0.15, 0.2) is 77.4 Å². The average molecular weight is 377 g/mol. The maximum Gasteiger partial charge on any atom is 0.255 e. The van der Waals surface area contributed by atoms with Crippen LogP contribution in [0.5, 0.6) is 0 Å². The van der Waals surface area contributed by atoms with Crippen molar-refractivity contribution < 1.29 is 14.0 Å². The van der Waals surface area contributed by atoms with Crippen LogP contribution in [0.4, 0.5) is 5.69 Å². The van der Waals surface area contributed by atoms with Gasteiger partial charge in [0, 0.05) is 23.4 Å². The van der Waals surface area contributed by atoms with Crippen molar-refractivity contribution in [1.29, 1.82) is 0 Å². The van der Waals surface area contributed by atoms with Gasteiger partial charge in [-0.1, -0.05) is 18.2 Å². The number of hydrogen-bond acceptors (Lipinski definition) is 4. The van der Waals surface area contributed by atoms with Gasteiger partial charge in [-0.3, -0.25) is 14.5 Å². The molecule has 2 aromatic carbocycles. The molecular formula is C22H23N3O3. The van der Waals surface area contributed by atoms with E-state index in [0.717, 1.165) is 5.76 Å². The Morgan fingerprint density at radius 1 is 0.893 bits per heavy atom. The van der Waals surface area contributed by atoms with Crippen LogP contribution in [0, 0.1) is 0 Å². The van der Waals surface area contributed by atoms with Gasteiger partial charge in [-0.25, -0.2) is 0 Å². The fourth-order valence-electron chi connectivity index (χ4n) is 2.81. The number of furan rings is 1. The third kappa shape index (κ3) is 4.86. The highest BCUT2D eigenvalue weighted by molar-refractivity contribution is 6.04. The molecule has 0 bridgehead atoms. The van der Waals surface area contributed by atoms with E-state index in [1.165, 1.54) is 0 Å². The summed E-state index contributed by atoms with van der Waals surface area (Å²) in [6, 6.07) is 19.4. The zero-order chi connectivity index (χ0) is 19.9. The number of carbonyl (C=O) groups excluding carboxylic acids is 2. The first-order chi connectivity index (χ1) is 13.5. The molecule has 0 radical (unpaired) electrons. The molecule has 3 aromatic rings. The van der Waals surface area contributed by atoms with Gasteiger partial charge in [0.05, 0.1) is 12.3 Å². The van der Waals surface area contributed by atoms with Gasteiger partial charge in [0.1, 0.15) is 5.76 Å². The van der Waals surface area contributed by atoms with Crippen molar-refractivity contribution in [2.45, 2.75) is 6.04 Å². The van der Waals surface area contributed by atoms with Crippen molar-refractivity contribution in [3.8, 4) is 0 Å². The van der Waals surface area contributed by atoms with Gasteiger partial charge < -0.3 is 15.1 Å². The van der Waals surface area contributed by atoms with Gasteiger partial charge in [0.2, 0.25) is 0 Å². The van der Waals surface area contributed by atoms with Gasteiger partial charge in [0.15, 0.2) is 0 Å². The summed E-state index contributed by atoms with van der Waals surface area (Å²) in [6.07, 6.45) is 1.62. The first-order valence-electron chi connectivity index (χ1n) is 8.99. The molecule has 28 heavy (non-hydrogen) atoms.